The molecule has 1 aromatic rings. The van der Waals surface area contributed by atoms with Crippen LogP contribution < -0.4 is 14.8 Å². The molecule has 8 nitrogen and oxygen atoms in total. The number of esters is 2. The average Bonchev–Trinajstić information content (AvgIpc) is 2.62. The van der Waals surface area contributed by atoms with Crippen LogP contribution in [0.15, 0.2) is 12.1 Å². The van der Waals surface area contributed by atoms with Crippen LogP contribution in [0.5, 0.6) is 11.5 Å². The van der Waals surface area contributed by atoms with Crippen LogP contribution in [-0.2, 0) is 30.3 Å². The molecule has 0 atom stereocenters. The molecule has 0 aromatic heterocycles. The molecular formula is C18H24FNO7. The molecular weight excluding hydrogens is 361 g/mol. The van der Waals surface area contributed by atoms with Crippen LogP contribution in [0.25, 0.3) is 0 Å². The zero-order valence-electron chi connectivity index (χ0n) is 16.0. The standard InChI is InChI=1S/C18H24FNO7/c1-6-26-16(22)18(20-11(3)21,17(23)27-7-2)10-12-8-9-13(24-4)15(25-5)14(12)19/h8-9H,6-7,10H2,1-5H3,(H,20,21). The first-order valence-corrected chi connectivity index (χ1v) is 8.29. The van der Waals surface area contributed by atoms with E-state index in [1.54, 1.807) is 13.8 Å². The van der Waals surface area contributed by atoms with E-state index >= 15 is 0 Å². The molecule has 0 saturated heterocycles. The second kappa shape index (κ2) is 9.75. The zero-order chi connectivity index (χ0) is 20.6. The topological polar surface area (TPSA) is 100 Å². The first-order valence-electron chi connectivity index (χ1n) is 8.29. The van der Waals surface area contributed by atoms with Crippen molar-refractivity contribution in [3.63, 3.8) is 0 Å². The van der Waals surface area contributed by atoms with Gasteiger partial charge in [0.05, 0.1) is 27.4 Å². The number of amides is 1. The molecule has 0 aliphatic rings. The molecule has 1 amide bonds. The maximum atomic E-state index is 14.9. The minimum Gasteiger partial charge on any atom is -0.493 e. The summed E-state index contributed by atoms with van der Waals surface area (Å²) in [7, 11) is 2.60. The van der Waals surface area contributed by atoms with Gasteiger partial charge in [0.25, 0.3) is 0 Å². The number of carbonyl (C=O) groups excluding carboxylic acids is 3. The molecule has 0 saturated carbocycles. The minimum atomic E-state index is -2.24. The molecule has 0 spiro atoms. The number of benzene rings is 1. The monoisotopic (exact) mass is 385 g/mol. The van der Waals surface area contributed by atoms with Crippen LogP contribution in [0, 0.1) is 5.82 Å². The van der Waals surface area contributed by atoms with Gasteiger partial charge in [0, 0.05) is 13.3 Å². The molecule has 0 fully saturated rings. The van der Waals surface area contributed by atoms with E-state index in [-0.39, 0.29) is 30.3 Å². The molecule has 0 unspecified atom stereocenters. The molecule has 27 heavy (non-hydrogen) atoms. The molecule has 0 aliphatic heterocycles. The quantitative estimate of drug-likeness (QED) is 0.506. The molecule has 9 heteroatoms. The first-order chi connectivity index (χ1) is 12.8. The van der Waals surface area contributed by atoms with Crippen LogP contribution in [0.2, 0.25) is 0 Å². The van der Waals surface area contributed by atoms with Crippen molar-refractivity contribution >= 4 is 17.8 Å². The summed E-state index contributed by atoms with van der Waals surface area (Å²) in [6.07, 6.45) is -0.531. The Labute approximate surface area is 156 Å². The van der Waals surface area contributed by atoms with Crippen molar-refractivity contribution in [3.8, 4) is 11.5 Å². The van der Waals surface area contributed by atoms with Crippen molar-refractivity contribution < 1.29 is 37.7 Å². The largest absolute Gasteiger partial charge is 0.493 e. The van der Waals surface area contributed by atoms with Gasteiger partial charge in [0.2, 0.25) is 11.4 Å². The molecule has 1 aromatic carbocycles. The Morgan fingerprint density at radius 1 is 1.04 bits per heavy atom. The molecule has 1 N–H and O–H groups in total. The predicted molar refractivity (Wildman–Crippen MR) is 93.0 cm³/mol. The predicted octanol–water partition coefficient (Wildman–Crippen LogP) is 1.39. The Morgan fingerprint density at radius 3 is 2.00 bits per heavy atom. The molecule has 0 radical (unpaired) electrons. The van der Waals surface area contributed by atoms with Crippen molar-refractivity contribution in [2.24, 2.45) is 0 Å². The van der Waals surface area contributed by atoms with Crippen LogP contribution in [-0.4, -0.2) is 50.8 Å². The lowest BCUT2D eigenvalue weighted by molar-refractivity contribution is -0.168. The Morgan fingerprint density at radius 2 is 1.59 bits per heavy atom. The number of hydrogen-bond donors (Lipinski definition) is 1. The van der Waals surface area contributed by atoms with Gasteiger partial charge in [0.1, 0.15) is 0 Å². The van der Waals surface area contributed by atoms with Gasteiger partial charge in [0.15, 0.2) is 17.3 Å². The van der Waals surface area contributed by atoms with Crippen molar-refractivity contribution in [1.82, 2.24) is 5.32 Å². The van der Waals surface area contributed by atoms with E-state index in [2.05, 4.69) is 5.32 Å². The van der Waals surface area contributed by atoms with Crippen molar-refractivity contribution in [3.05, 3.63) is 23.5 Å². The third kappa shape index (κ3) is 4.87. The van der Waals surface area contributed by atoms with Gasteiger partial charge in [-0.05, 0) is 25.5 Å². The van der Waals surface area contributed by atoms with Gasteiger partial charge in [-0.15, -0.1) is 0 Å². The van der Waals surface area contributed by atoms with Crippen molar-refractivity contribution in [2.45, 2.75) is 32.7 Å². The molecule has 0 bridgehead atoms. The van der Waals surface area contributed by atoms with Crippen LogP contribution in [0.3, 0.4) is 0 Å². The van der Waals surface area contributed by atoms with Crippen molar-refractivity contribution in [2.75, 3.05) is 27.4 Å². The maximum Gasteiger partial charge on any atom is 0.344 e. The number of nitrogens with one attached hydrogen (secondary N) is 1. The molecule has 0 aliphatic carbocycles. The highest BCUT2D eigenvalue weighted by Gasteiger charge is 2.50. The summed E-state index contributed by atoms with van der Waals surface area (Å²) in [6.45, 7) is 4.11. The highest BCUT2D eigenvalue weighted by Crippen LogP contribution is 2.33. The average molecular weight is 385 g/mol. The fourth-order valence-electron chi connectivity index (χ4n) is 2.54. The smallest absolute Gasteiger partial charge is 0.344 e. The summed E-state index contributed by atoms with van der Waals surface area (Å²) in [4.78, 5) is 36.9. The first kappa shape index (κ1) is 22.2. The molecule has 1 rings (SSSR count). The summed E-state index contributed by atoms with van der Waals surface area (Å²) in [5.41, 5.74) is -2.30. The van der Waals surface area contributed by atoms with E-state index in [9.17, 15) is 18.8 Å². The Kier molecular flexibility index (Phi) is 8.01. The van der Waals surface area contributed by atoms with Gasteiger partial charge in [-0.3, -0.25) is 4.79 Å². The lowest BCUT2D eigenvalue weighted by Gasteiger charge is -2.30. The van der Waals surface area contributed by atoms with Crippen LogP contribution >= 0.6 is 0 Å². The Balaban J connectivity index is 3.53. The van der Waals surface area contributed by atoms with Gasteiger partial charge in [-0.25, -0.2) is 14.0 Å². The van der Waals surface area contributed by atoms with Gasteiger partial charge in [-0.1, -0.05) is 6.07 Å². The number of hydrogen-bond acceptors (Lipinski definition) is 7. The lowest BCUT2D eigenvalue weighted by atomic mass is 9.89. The maximum absolute atomic E-state index is 14.9. The van der Waals surface area contributed by atoms with E-state index in [4.69, 9.17) is 18.9 Å². The second-order valence-electron chi connectivity index (χ2n) is 5.48. The number of methoxy groups -OCH3 is 2. The fourth-order valence-corrected chi connectivity index (χ4v) is 2.54. The van der Waals surface area contributed by atoms with E-state index in [1.807, 2.05) is 0 Å². The normalized spacial score (nSPS) is 10.7. The van der Waals surface area contributed by atoms with Crippen LogP contribution in [0.4, 0.5) is 4.39 Å². The highest BCUT2D eigenvalue weighted by molar-refractivity contribution is 6.08. The van der Waals surface area contributed by atoms with Crippen molar-refractivity contribution in [1.29, 1.82) is 0 Å². The molecule has 0 heterocycles. The number of rotatable bonds is 9. The fraction of sp³-hybridized carbons (Fsp3) is 0.500. The van der Waals surface area contributed by atoms with Gasteiger partial charge in [-0.2, -0.15) is 0 Å². The second-order valence-corrected chi connectivity index (χ2v) is 5.48. The van der Waals surface area contributed by atoms with Crippen LogP contribution in [0.1, 0.15) is 26.3 Å². The summed E-state index contributed by atoms with van der Waals surface area (Å²) in [5.74, 6) is -3.67. The van der Waals surface area contributed by atoms with E-state index in [0.29, 0.717) is 0 Å². The summed E-state index contributed by atoms with van der Waals surface area (Å²) < 4.78 is 34.8. The van der Waals surface area contributed by atoms with Gasteiger partial charge < -0.3 is 24.3 Å². The lowest BCUT2D eigenvalue weighted by Crippen LogP contribution is -2.62. The van der Waals surface area contributed by atoms with E-state index in [0.717, 1.165) is 6.92 Å². The summed E-state index contributed by atoms with van der Waals surface area (Å²) in [6, 6.07) is 2.75. The SMILES string of the molecule is CCOC(=O)C(Cc1ccc(OC)c(OC)c1F)(NC(C)=O)C(=O)OCC. The zero-order valence-corrected chi connectivity index (χ0v) is 16.0. The Hall–Kier alpha value is -2.84. The van der Waals surface area contributed by atoms with E-state index in [1.165, 1.54) is 26.4 Å². The summed E-state index contributed by atoms with van der Waals surface area (Å²) in [5, 5.41) is 2.28. The number of halogens is 1. The number of carbonyl (C=O) groups is 3. The summed E-state index contributed by atoms with van der Waals surface area (Å²) >= 11 is 0. The molecule has 150 valence electrons. The minimum absolute atomic E-state index is 0.0476. The highest BCUT2D eigenvalue weighted by atomic mass is 19.1. The van der Waals surface area contributed by atoms with Gasteiger partial charge >= 0.3 is 11.9 Å². The number of ether oxygens (including phenoxy) is 4. The Bertz CT molecular complexity index is 687. The van der Waals surface area contributed by atoms with E-state index < -0.39 is 35.6 Å². The third-order valence-electron chi connectivity index (χ3n) is 3.66. The third-order valence-corrected chi connectivity index (χ3v) is 3.66.